The molecule has 1 amide bonds. The van der Waals surface area contributed by atoms with Gasteiger partial charge < -0.3 is 10.6 Å². The Labute approximate surface area is 131 Å². The van der Waals surface area contributed by atoms with Crippen molar-refractivity contribution < 1.29 is 4.79 Å². The van der Waals surface area contributed by atoms with E-state index >= 15 is 0 Å². The lowest BCUT2D eigenvalue weighted by Gasteiger charge is -2.14. The van der Waals surface area contributed by atoms with Crippen LogP contribution in [0, 0.1) is 0 Å². The fraction of sp³-hybridized carbons (Fsp3) is 0.0588. The van der Waals surface area contributed by atoms with Gasteiger partial charge in [0.15, 0.2) is 0 Å². The number of benzene rings is 2. The van der Waals surface area contributed by atoms with Gasteiger partial charge in [0.1, 0.15) is 5.69 Å². The maximum Gasteiger partial charge on any atom is 0.258 e. The van der Waals surface area contributed by atoms with Crippen LogP contribution in [0.3, 0.4) is 0 Å². The van der Waals surface area contributed by atoms with Gasteiger partial charge in [-0.25, -0.2) is 0 Å². The number of rotatable bonds is 3. The number of hydrogen-bond donors (Lipinski definition) is 2. The zero-order chi connectivity index (χ0) is 15.5. The van der Waals surface area contributed by atoms with Gasteiger partial charge in [-0.2, -0.15) is 0 Å². The second kappa shape index (κ2) is 5.99. The molecule has 3 rings (SSSR count). The van der Waals surface area contributed by atoms with Gasteiger partial charge >= 0.3 is 0 Å². The van der Waals surface area contributed by atoms with Crippen LogP contribution in [-0.4, -0.2) is 5.91 Å². The van der Waals surface area contributed by atoms with Crippen LogP contribution in [0.4, 0.5) is 17.1 Å². The Balaban J connectivity index is 2.23. The monoisotopic (exact) mass is 310 g/mol. The number of amides is 1. The third-order valence-corrected chi connectivity index (χ3v) is 4.12. The van der Waals surface area contributed by atoms with Crippen LogP contribution < -0.4 is 15.4 Å². The molecule has 0 atom stereocenters. The van der Waals surface area contributed by atoms with Crippen LogP contribution in [0.5, 0.6) is 0 Å². The van der Waals surface area contributed by atoms with Crippen molar-refractivity contribution in [1.29, 1.82) is 0 Å². The van der Waals surface area contributed by atoms with Gasteiger partial charge in [0.25, 0.3) is 4.74 Å². The lowest BCUT2D eigenvalue weighted by atomic mass is 10.2. The summed E-state index contributed by atoms with van der Waals surface area (Å²) in [6.45, 7) is 1.39. The molecule has 22 heavy (non-hydrogen) atoms. The number of hydrogen-bond acceptors (Lipinski definition) is 4. The molecule has 1 heterocycles. The Morgan fingerprint density at radius 1 is 0.955 bits per heavy atom. The van der Waals surface area contributed by atoms with Crippen molar-refractivity contribution in [3.05, 3.63) is 64.1 Å². The highest BCUT2D eigenvalue weighted by Gasteiger charge is 2.14. The SMILES string of the molecule is CC(=O)Nc1c(Nc2ccccc2)c2ccccc2sc1=O. The molecule has 4 nitrogen and oxygen atoms in total. The Kier molecular flexibility index (Phi) is 3.89. The highest BCUT2D eigenvalue weighted by molar-refractivity contribution is 7.16. The minimum Gasteiger partial charge on any atom is -0.353 e. The highest BCUT2D eigenvalue weighted by atomic mass is 32.1. The fourth-order valence-electron chi connectivity index (χ4n) is 2.24. The Bertz CT molecular complexity index is 888. The first kappa shape index (κ1) is 14.3. The zero-order valence-electron chi connectivity index (χ0n) is 11.9. The van der Waals surface area contributed by atoms with Gasteiger partial charge in [0.05, 0.1) is 5.69 Å². The number of nitrogens with one attached hydrogen (secondary N) is 2. The van der Waals surface area contributed by atoms with Gasteiger partial charge in [-0.1, -0.05) is 47.7 Å². The quantitative estimate of drug-likeness (QED) is 0.769. The van der Waals surface area contributed by atoms with E-state index in [0.29, 0.717) is 11.4 Å². The summed E-state index contributed by atoms with van der Waals surface area (Å²) in [5.41, 5.74) is 1.77. The third-order valence-electron chi connectivity index (χ3n) is 3.16. The topological polar surface area (TPSA) is 58.2 Å². The van der Waals surface area contributed by atoms with Crippen LogP contribution in [0.25, 0.3) is 10.1 Å². The number of fused-ring (bicyclic) bond motifs is 1. The summed E-state index contributed by atoms with van der Waals surface area (Å²) < 4.78 is 0.701. The number of carbonyl (C=O) groups excluding carboxylic acids is 1. The van der Waals surface area contributed by atoms with Crippen LogP contribution in [0.15, 0.2) is 59.4 Å². The van der Waals surface area contributed by atoms with Crippen molar-refractivity contribution in [2.24, 2.45) is 0 Å². The van der Waals surface area contributed by atoms with Gasteiger partial charge in [-0.3, -0.25) is 9.59 Å². The molecular weight excluding hydrogens is 296 g/mol. The van der Waals surface area contributed by atoms with E-state index in [-0.39, 0.29) is 10.6 Å². The maximum atomic E-state index is 12.3. The van der Waals surface area contributed by atoms with Crippen molar-refractivity contribution in [2.45, 2.75) is 6.92 Å². The molecule has 0 saturated heterocycles. The van der Waals surface area contributed by atoms with E-state index in [1.54, 1.807) is 0 Å². The van der Waals surface area contributed by atoms with Crippen molar-refractivity contribution in [3.8, 4) is 0 Å². The first-order valence-electron chi connectivity index (χ1n) is 6.80. The summed E-state index contributed by atoms with van der Waals surface area (Å²) in [5, 5.41) is 6.81. The van der Waals surface area contributed by atoms with Crippen molar-refractivity contribution >= 4 is 44.4 Å². The molecule has 3 aromatic rings. The molecule has 110 valence electrons. The van der Waals surface area contributed by atoms with Gasteiger partial charge in [-0.15, -0.1) is 0 Å². The predicted molar refractivity (Wildman–Crippen MR) is 92.1 cm³/mol. The average molecular weight is 310 g/mol. The molecule has 1 aromatic heterocycles. The number of para-hydroxylation sites is 1. The summed E-state index contributed by atoms with van der Waals surface area (Å²) >= 11 is 1.12. The molecule has 2 aromatic carbocycles. The maximum absolute atomic E-state index is 12.3. The van der Waals surface area contributed by atoms with Gasteiger partial charge in [0.2, 0.25) is 5.91 Å². The predicted octanol–water partition coefficient (Wildman–Crippen LogP) is 3.96. The Morgan fingerprint density at radius 3 is 2.36 bits per heavy atom. The standard InChI is InChI=1S/C17H14N2O2S/c1-11(20)18-16-15(19-12-7-3-2-4-8-12)13-9-5-6-10-14(13)22-17(16)21/h2-10,19H,1H3,(H,18,20). The smallest absolute Gasteiger partial charge is 0.258 e. The first-order valence-corrected chi connectivity index (χ1v) is 7.62. The normalized spacial score (nSPS) is 10.4. The lowest BCUT2D eigenvalue weighted by Crippen LogP contribution is -2.15. The van der Waals surface area contributed by atoms with Crippen LogP contribution >= 0.6 is 11.3 Å². The molecule has 0 unspecified atom stereocenters. The van der Waals surface area contributed by atoms with Gasteiger partial charge in [-0.05, 0) is 18.2 Å². The molecule has 0 spiro atoms. The lowest BCUT2D eigenvalue weighted by molar-refractivity contribution is -0.114. The molecule has 2 N–H and O–H groups in total. The van der Waals surface area contributed by atoms with E-state index in [4.69, 9.17) is 0 Å². The molecule has 0 saturated carbocycles. The summed E-state index contributed by atoms with van der Waals surface area (Å²) in [7, 11) is 0. The van der Waals surface area contributed by atoms with E-state index in [1.807, 2.05) is 54.6 Å². The van der Waals surface area contributed by atoms with E-state index in [0.717, 1.165) is 27.1 Å². The first-order chi connectivity index (χ1) is 10.6. The number of carbonyl (C=O) groups is 1. The zero-order valence-corrected chi connectivity index (χ0v) is 12.7. The minimum atomic E-state index is -0.268. The van der Waals surface area contributed by atoms with E-state index < -0.39 is 0 Å². The average Bonchev–Trinajstić information content (AvgIpc) is 2.51. The van der Waals surface area contributed by atoms with Crippen LogP contribution in [0.1, 0.15) is 6.92 Å². The van der Waals surface area contributed by atoms with E-state index in [9.17, 15) is 9.59 Å². The summed E-state index contributed by atoms with van der Waals surface area (Å²) in [6.07, 6.45) is 0. The van der Waals surface area contributed by atoms with Crippen molar-refractivity contribution in [1.82, 2.24) is 0 Å². The van der Waals surface area contributed by atoms with E-state index in [1.165, 1.54) is 6.92 Å². The van der Waals surface area contributed by atoms with Crippen LogP contribution in [-0.2, 0) is 4.79 Å². The summed E-state index contributed by atoms with van der Waals surface area (Å²) in [4.78, 5) is 23.8. The Morgan fingerprint density at radius 2 is 1.64 bits per heavy atom. The molecule has 5 heteroatoms. The van der Waals surface area contributed by atoms with E-state index in [2.05, 4.69) is 10.6 Å². The second-order valence-corrected chi connectivity index (χ2v) is 5.82. The molecule has 0 aliphatic carbocycles. The largest absolute Gasteiger partial charge is 0.353 e. The van der Waals surface area contributed by atoms with Crippen LogP contribution in [0.2, 0.25) is 0 Å². The molecule has 0 aliphatic heterocycles. The highest BCUT2D eigenvalue weighted by Crippen LogP contribution is 2.33. The summed E-state index contributed by atoms with van der Waals surface area (Å²) in [6, 6.07) is 17.2. The molecule has 0 radical (unpaired) electrons. The number of anilines is 3. The van der Waals surface area contributed by atoms with Gasteiger partial charge in [0, 0.05) is 22.7 Å². The minimum absolute atomic E-state index is 0.174. The molecule has 0 aliphatic rings. The fourth-order valence-corrected chi connectivity index (χ4v) is 3.12. The third kappa shape index (κ3) is 2.84. The van der Waals surface area contributed by atoms with Crippen molar-refractivity contribution in [3.63, 3.8) is 0 Å². The molecular formula is C17H14N2O2S. The molecule has 0 fully saturated rings. The second-order valence-electron chi connectivity index (χ2n) is 4.81. The summed E-state index contributed by atoms with van der Waals surface area (Å²) in [5.74, 6) is -0.268. The molecule has 0 bridgehead atoms. The Hall–Kier alpha value is -2.66. The van der Waals surface area contributed by atoms with Crippen molar-refractivity contribution in [2.75, 3.05) is 10.6 Å².